The molecule has 3 aromatic heterocycles. The predicted molar refractivity (Wildman–Crippen MR) is 103 cm³/mol. The molecule has 144 valence electrons. The summed E-state index contributed by atoms with van der Waals surface area (Å²) in [5, 5.41) is 13.5. The first-order valence-electron chi connectivity index (χ1n) is 7.72. The molecule has 0 spiro atoms. The summed E-state index contributed by atoms with van der Waals surface area (Å²) < 4.78 is 46.0. The molecule has 0 radical (unpaired) electrons. The van der Waals surface area contributed by atoms with Crippen LogP contribution in [0.25, 0.3) is 28.6 Å². The maximum atomic E-state index is 13.0. The molecule has 11 heteroatoms. The summed E-state index contributed by atoms with van der Waals surface area (Å²) in [6.45, 7) is 1.73. The van der Waals surface area contributed by atoms with E-state index in [4.69, 9.17) is 16.1 Å². The SMILES string of the molecule is Cc1cc(-c2nc(-c3cn4cc(C(F)(F)F)cc(Cl)c4n3)no2)c(I)cc1O. The smallest absolute Gasteiger partial charge is 0.417 e. The van der Waals surface area contributed by atoms with Crippen molar-refractivity contribution in [3.8, 4) is 28.7 Å². The molecule has 0 amide bonds. The van der Waals surface area contributed by atoms with Gasteiger partial charge < -0.3 is 14.0 Å². The Bertz CT molecular complexity index is 1220. The number of pyridine rings is 1. The van der Waals surface area contributed by atoms with E-state index >= 15 is 0 Å². The molecule has 6 nitrogen and oxygen atoms in total. The summed E-state index contributed by atoms with van der Waals surface area (Å²) in [5.74, 6) is 0.440. The van der Waals surface area contributed by atoms with Crippen LogP contribution in [0.4, 0.5) is 13.2 Å². The van der Waals surface area contributed by atoms with Gasteiger partial charge in [-0.1, -0.05) is 16.8 Å². The fourth-order valence-electron chi connectivity index (χ4n) is 2.59. The molecule has 4 rings (SSSR count). The number of benzene rings is 1. The van der Waals surface area contributed by atoms with E-state index in [1.54, 1.807) is 19.1 Å². The Morgan fingerprint density at radius 1 is 1.18 bits per heavy atom. The molecule has 4 aromatic rings. The molecule has 0 aliphatic heterocycles. The molecule has 3 heterocycles. The Kier molecular flexibility index (Phi) is 4.49. The van der Waals surface area contributed by atoms with Crippen molar-refractivity contribution in [3.05, 3.63) is 50.3 Å². The molecule has 0 aliphatic carbocycles. The number of aromatic hydroxyl groups is 1. The first kappa shape index (κ1) is 19.0. The second kappa shape index (κ2) is 6.62. The van der Waals surface area contributed by atoms with Crippen LogP contribution in [0.2, 0.25) is 5.02 Å². The second-order valence-corrected chi connectivity index (χ2v) is 7.54. The molecule has 0 atom stereocenters. The van der Waals surface area contributed by atoms with Crippen molar-refractivity contribution in [1.82, 2.24) is 19.5 Å². The quantitative estimate of drug-likeness (QED) is 0.361. The molecule has 0 fully saturated rings. The van der Waals surface area contributed by atoms with Crippen LogP contribution < -0.4 is 0 Å². The summed E-state index contributed by atoms with van der Waals surface area (Å²) in [5.41, 5.74) is 0.717. The van der Waals surface area contributed by atoms with Gasteiger partial charge in [0.1, 0.15) is 11.4 Å². The fourth-order valence-corrected chi connectivity index (χ4v) is 3.53. The van der Waals surface area contributed by atoms with Crippen molar-refractivity contribution in [1.29, 1.82) is 0 Å². The van der Waals surface area contributed by atoms with Crippen molar-refractivity contribution in [3.63, 3.8) is 0 Å². The van der Waals surface area contributed by atoms with Gasteiger partial charge >= 0.3 is 6.18 Å². The van der Waals surface area contributed by atoms with E-state index in [1.807, 2.05) is 22.6 Å². The van der Waals surface area contributed by atoms with Gasteiger partial charge in [0.15, 0.2) is 5.65 Å². The molecule has 0 bridgehead atoms. The van der Waals surface area contributed by atoms with E-state index in [-0.39, 0.29) is 33.8 Å². The largest absolute Gasteiger partial charge is 0.508 e. The summed E-state index contributed by atoms with van der Waals surface area (Å²) in [6, 6.07) is 4.08. The van der Waals surface area contributed by atoms with Crippen LogP contribution >= 0.6 is 34.2 Å². The summed E-state index contributed by atoms with van der Waals surface area (Å²) in [4.78, 5) is 8.48. The van der Waals surface area contributed by atoms with E-state index in [2.05, 4.69) is 15.1 Å². The van der Waals surface area contributed by atoms with E-state index in [0.717, 1.165) is 12.3 Å². The van der Waals surface area contributed by atoms with Crippen LogP contribution in [-0.2, 0) is 6.18 Å². The molecule has 28 heavy (non-hydrogen) atoms. The lowest BCUT2D eigenvalue weighted by Crippen LogP contribution is -2.06. The third-order valence-electron chi connectivity index (χ3n) is 4.00. The summed E-state index contributed by atoms with van der Waals surface area (Å²) in [7, 11) is 0. The monoisotopic (exact) mass is 520 g/mol. The number of nitrogens with zero attached hydrogens (tertiary/aromatic N) is 4. The highest BCUT2D eigenvalue weighted by molar-refractivity contribution is 14.1. The third kappa shape index (κ3) is 3.30. The van der Waals surface area contributed by atoms with E-state index in [9.17, 15) is 18.3 Å². The normalized spacial score (nSPS) is 12.1. The van der Waals surface area contributed by atoms with E-state index in [0.29, 0.717) is 14.7 Å². The van der Waals surface area contributed by atoms with Gasteiger partial charge in [-0.05, 0) is 53.3 Å². The van der Waals surface area contributed by atoms with Gasteiger partial charge in [-0.3, -0.25) is 0 Å². The van der Waals surface area contributed by atoms with Gasteiger partial charge in [-0.2, -0.15) is 18.2 Å². The Labute approximate surface area is 174 Å². The number of imidazole rings is 1. The number of phenols is 1. The average Bonchev–Trinajstić information content (AvgIpc) is 3.24. The summed E-state index contributed by atoms with van der Waals surface area (Å²) in [6.07, 6.45) is -2.29. The summed E-state index contributed by atoms with van der Waals surface area (Å²) >= 11 is 7.98. The van der Waals surface area contributed by atoms with E-state index in [1.165, 1.54) is 10.6 Å². The van der Waals surface area contributed by atoms with Crippen LogP contribution in [0.1, 0.15) is 11.1 Å². The van der Waals surface area contributed by atoms with Crippen LogP contribution in [0.3, 0.4) is 0 Å². The second-order valence-electron chi connectivity index (χ2n) is 5.97. The Morgan fingerprint density at radius 3 is 2.64 bits per heavy atom. The highest BCUT2D eigenvalue weighted by Crippen LogP contribution is 2.34. The lowest BCUT2D eigenvalue weighted by Gasteiger charge is -2.07. The predicted octanol–water partition coefficient (Wildman–Crippen LogP) is 5.34. The van der Waals surface area contributed by atoms with Gasteiger partial charge in [0, 0.05) is 16.0 Å². The third-order valence-corrected chi connectivity index (χ3v) is 5.18. The minimum absolute atomic E-state index is 0.102. The molecule has 1 N–H and O–H groups in total. The highest BCUT2D eigenvalue weighted by atomic mass is 127. The zero-order valence-corrected chi connectivity index (χ0v) is 16.8. The average molecular weight is 521 g/mol. The highest BCUT2D eigenvalue weighted by Gasteiger charge is 2.32. The minimum atomic E-state index is -4.53. The van der Waals surface area contributed by atoms with Gasteiger partial charge in [-0.15, -0.1) is 0 Å². The van der Waals surface area contributed by atoms with Crippen molar-refractivity contribution in [2.45, 2.75) is 13.1 Å². The first-order chi connectivity index (χ1) is 13.1. The molecule has 0 aliphatic rings. The molecule has 0 saturated carbocycles. The number of phenolic OH excluding ortho intramolecular Hbond substituents is 1. The van der Waals surface area contributed by atoms with Gasteiger partial charge in [0.05, 0.1) is 16.1 Å². The number of fused-ring (bicyclic) bond motifs is 1. The van der Waals surface area contributed by atoms with Gasteiger partial charge in [-0.25, -0.2) is 4.98 Å². The standard InChI is InChI=1S/C17H9ClF3IN4O2/c1-7-2-9(11(22)4-13(7)27)16-24-14(25-28-16)12-6-26-5-8(17(19,20)21)3-10(18)15(26)23-12/h2-6,27H,1H3. The van der Waals surface area contributed by atoms with Crippen LogP contribution in [0.5, 0.6) is 5.75 Å². The number of halogens is 5. The first-order valence-corrected chi connectivity index (χ1v) is 9.18. The van der Waals surface area contributed by atoms with Gasteiger partial charge in [0.2, 0.25) is 5.82 Å². The number of aromatic nitrogens is 4. The number of rotatable bonds is 2. The number of aryl methyl sites for hydroxylation is 1. The fraction of sp³-hybridized carbons (Fsp3) is 0.118. The van der Waals surface area contributed by atoms with Crippen molar-refractivity contribution >= 4 is 39.8 Å². The molecule has 0 unspecified atom stereocenters. The van der Waals surface area contributed by atoms with Crippen LogP contribution in [-0.4, -0.2) is 24.6 Å². The minimum Gasteiger partial charge on any atom is -0.508 e. The van der Waals surface area contributed by atoms with E-state index < -0.39 is 11.7 Å². The van der Waals surface area contributed by atoms with Crippen LogP contribution in [0, 0.1) is 10.5 Å². The Morgan fingerprint density at radius 2 is 1.93 bits per heavy atom. The lowest BCUT2D eigenvalue weighted by molar-refractivity contribution is -0.137. The zero-order valence-electron chi connectivity index (χ0n) is 13.9. The Balaban J connectivity index is 1.78. The zero-order chi connectivity index (χ0) is 20.2. The Hall–Kier alpha value is -2.34. The number of hydrogen-bond donors (Lipinski definition) is 1. The van der Waals surface area contributed by atoms with Crippen molar-refractivity contribution in [2.24, 2.45) is 0 Å². The number of hydrogen-bond acceptors (Lipinski definition) is 5. The maximum absolute atomic E-state index is 13.0. The maximum Gasteiger partial charge on any atom is 0.417 e. The topological polar surface area (TPSA) is 76.5 Å². The van der Waals surface area contributed by atoms with Crippen LogP contribution in [0.15, 0.2) is 35.1 Å². The van der Waals surface area contributed by atoms with Crippen molar-refractivity contribution < 1.29 is 22.8 Å². The van der Waals surface area contributed by atoms with Gasteiger partial charge in [0.25, 0.3) is 5.89 Å². The molecule has 0 saturated heterocycles. The van der Waals surface area contributed by atoms with Crippen molar-refractivity contribution in [2.75, 3.05) is 0 Å². The molecular weight excluding hydrogens is 512 g/mol. The lowest BCUT2D eigenvalue weighted by atomic mass is 10.1. The molecule has 1 aromatic carbocycles. The molecular formula is C17H9ClF3IN4O2. The number of alkyl halides is 3.